The molecule has 2 heterocycles. The molecule has 4 rings (SSSR count). The fourth-order valence-electron chi connectivity index (χ4n) is 3.84. The number of imide groups is 1. The van der Waals surface area contributed by atoms with Crippen LogP contribution in [0.3, 0.4) is 0 Å². The maximum absolute atomic E-state index is 13.2. The monoisotopic (exact) mass is 523 g/mol. The fraction of sp³-hybridized carbons (Fsp3) is 0.174. The lowest BCUT2D eigenvalue weighted by atomic mass is 9.88. The molecule has 0 saturated carbocycles. The zero-order valence-corrected chi connectivity index (χ0v) is 19.5. The van der Waals surface area contributed by atoms with E-state index in [1.807, 2.05) is 0 Å². The van der Waals surface area contributed by atoms with Crippen molar-refractivity contribution in [1.82, 2.24) is 10.3 Å². The summed E-state index contributed by atoms with van der Waals surface area (Å²) in [6, 6.07) is 10.4. The summed E-state index contributed by atoms with van der Waals surface area (Å²) in [5.41, 5.74) is -3.26. The number of sulfone groups is 1. The van der Waals surface area contributed by atoms with E-state index < -0.39 is 44.1 Å². The first-order valence-corrected chi connectivity index (χ1v) is 12.0. The van der Waals surface area contributed by atoms with Crippen LogP contribution in [0.2, 0.25) is 5.02 Å². The zero-order valence-electron chi connectivity index (χ0n) is 18.0. The Morgan fingerprint density at radius 2 is 1.66 bits per heavy atom. The van der Waals surface area contributed by atoms with Crippen molar-refractivity contribution in [2.24, 2.45) is 0 Å². The molecular weight excluding hydrogens is 507 g/mol. The summed E-state index contributed by atoms with van der Waals surface area (Å²) in [5.74, 6) is -1.14. The summed E-state index contributed by atoms with van der Waals surface area (Å²) < 4.78 is 61.5. The Morgan fingerprint density at radius 1 is 1.03 bits per heavy atom. The number of urea groups is 1. The number of hydrogen-bond acceptors (Lipinski definition) is 5. The molecule has 1 aliphatic heterocycles. The van der Waals surface area contributed by atoms with Crippen molar-refractivity contribution in [3.8, 4) is 11.1 Å². The first-order valence-electron chi connectivity index (χ1n) is 10.2. The fourth-order valence-corrected chi connectivity index (χ4v) is 4.73. The lowest BCUT2D eigenvalue weighted by Gasteiger charge is -2.21. The number of nitrogens with one attached hydrogen (secondary N) is 1. The zero-order chi connectivity index (χ0) is 25.5. The summed E-state index contributed by atoms with van der Waals surface area (Å²) in [6.07, 6.45) is 3.19. The van der Waals surface area contributed by atoms with Crippen molar-refractivity contribution in [2.45, 2.75) is 29.3 Å². The van der Waals surface area contributed by atoms with Gasteiger partial charge in [-0.15, -0.1) is 0 Å². The number of amides is 3. The number of alkyl halides is 3. The predicted octanol–water partition coefficient (Wildman–Crippen LogP) is 4.92. The van der Waals surface area contributed by atoms with Crippen molar-refractivity contribution in [3.63, 3.8) is 0 Å². The summed E-state index contributed by atoms with van der Waals surface area (Å²) in [7, 11) is -5.56. The number of carbonyl (C=O) groups excluding carboxylic acids is 2. The Bertz CT molecular complexity index is 1390. The van der Waals surface area contributed by atoms with E-state index in [-0.39, 0.29) is 5.69 Å². The first-order chi connectivity index (χ1) is 16.4. The summed E-state index contributed by atoms with van der Waals surface area (Å²) in [4.78, 5) is 29.7. The molecule has 2 aromatic carbocycles. The average molecular weight is 524 g/mol. The minimum Gasteiger partial charge on any atom is -0.325 e. The standard InChI is InChI=1S/C23H17ClF3N3O4S/c1-13(18-10-11-28-12-19(18)14-2-4-15(24)5-3-14)20-21(31)30(22(32)29-20)16-6-8-17(9-7-16)35(33,34)23(25,26)27/h2-13,20H,1H3,(H,29,32). The number of carbonyl (C=O) groups is 2. The highest BCUT2D eigenvalue weighted by Crippen LogP contribution is 2.35. The third kappa shape index (κ3) is 4.48. The van der Waals surface area contributed by atoms with E-state index >= 15 is 0 Å². The molecule has 1 N–H and O–H groups in total. The minimum absolute atomic E-state index is 0.0593. The van der Waals surface area contributed by atoms with E-state index in [2.05, 4.69) is 10.3 Å². The Hall–Kier alpha value is -3.44. The van der Waals surface area contributed by atoms with Gasteiger partial charge < -0.3 is 5.32 Å². The lowest BCUT2D eigenvalue weighted by Crippen LogP contribution is -2.35. The van der Waals surface area contributed by atoms with Crippen LogP contribution in [0.25, 0.3) is 11.1 Å². The molecule has 0 radical (unpaired) electrons. The highest BCUT2D eigenvalue weighted by atomic mass is 35.5. The van der Waals surface area contributed by atoms with Gasteiger partial charge in [0.1, 0.15) is 6.04 Å². The van der Waals surface area contributed by atoms with E-state index in [9.17, 15) is 31.2 Å². The number of anilines is 1. The lowest BCUT2D eigenvalue weighted by molar-refractivity contribution is -0.118. The third-order valence-electron chi connectivity index (χ3n) is 5.68. The van der Waals surface area contributed by atoms with Gasteiger partial charge in [-0.2, -0.15) is 13.2 Å². The van der Waals surface area contributed by atoms with E-state index in [0.29, 0.717) is 17.2 Å². The van der Waals surface area contributed by atoms with Crippen LogP contribution in [0.15, 0.2) is 71.9 Å². The van der Waals surface area contributed by atoms with Gasteiger partial charge in [0, 0.05) is 28.9 Å². The molecular formula is C23H17ClF3N3O4S. The van der Waals surface area contributed by atoms with Crippen LogP contribution in [0.5, 0.6) is 0 Å². The Labute approximate surface area is 203 Å². The van der Waals surface area contributed by atoms with E-state index in [4.69, 9.17) is 11.6 Å². The molecule has 0 aliphatic carbocycles. The van der Waals surface area contributed by atoms with Gasteiger partial charge in [0.05, 0.1) is 10.6 Å². The van der Waals surface area contributed by atoms with Crippen LogP contribution >= 0.6 is 11.6 Å². The first kappa shape index (κ1) is 24.7. The molecule has 0 spiro atoms. The predicted molar refractivity (Wildman–Crippen MR) is 123 cm³/mol. The summed E-state index contributed by atoms with van der Waals surface area (Å²) >= 11 is 5.97. The second-order valence-electron chi connectivity index (χ2n) is 7.80. The van der Waals surface area contributed by atoms with Gasteiger partial charge in [-0.05, 0) is 53.6 Å². The number of hydrogen-bond donors (Lipinski definition) is 1. The normalized spacial score (nSPS) is 17.4. The van der Waals surface area contributed by atoms with Gasteiger partial charge in [-0.1, -0.05) is 30.7 Å². The van der Waals surface area contributed by atoms with Crippen molar-refractivity contribution < 1.29 is 31.2 Å². The Balaban J connectivity index is 1.62. The van der Waals surface area contributed by atoms with Crippen molar-refractivity contribution in [3.05, 3.63) is 77.6 Å². The Kier molecular flexibility index (Phi) is 6.32. The van der Waals surface area contributed by atoms with Gasteiger partial charge in [0.2, 0.25) is 0 Å². The highest BCUT2D eigenvalue weighted by molar-refractivity contribution is 7.92. The molecule has 1 aromatic heterocycles. The van der Waals surface area contributed by atoms with Crippen LogP contribution in [-0.4, -0.2) is 36.9 Å². The second kappa shape index (κ2) is 8.97. The largest absolute Gasteiger partial charge is 0.501 e. The third-order valence-corrected chi connectivity index (χ3v) is 7.43. The molecule has 0 bridgehead atoms. The van der Waals surface area contributed by atoms with Crippen LogP contribution in [0.1, 0.15) is 18.4 Å². The quantitative estimate of drug-likeness (QED) is 0.479. The number of nitrogens with zero attached hydrogens (tertiary/aromatic N) is 2. The van der Waals surface area contributed by atoms with Gasteiger partial charge >= 0.3 is 11.5 Å². The van der Waals surface area contributed by atoms with Crippen molar-refractivity contribution in [1.29, 1.82) is 0 Å². The van der Waals surface area contributed by atoms with E-state index in [1.54, 1.807) is 49.6 Å². The van der Waals surface area contributed by atoms with Crippen LogP contribution in [0, 0.1) is 0 Å². The number of rotatable bonds is 5. The van der Waals surface area contributed by atoms with Gasteiger partial charge in [-0.3, -0.25) is 9.78 Å². The SMILES string of the molecule is CC(c1ccncc1-c1ccc(Cl)cc1)C1NC(=O)N(c2ccc(S(=O)(=O)C(F)(F)F)cc2)C1=O. The average Bonchev–Trinajstić information content (AvgIpc) is 3.12. The highest BCUT2D eigenvalue weighted by Gasteiger charge is 2.47. The van der Waals surface area contributed by atoms with Crippen LogP contribution in [-0.2, 0) is 14.6 Å². The topological polar surface area (TPSA) is 96.4 Å². The number of benzene rings is 2. The van der Waals surface area contributed by atoms with Crippen LogP contribution in [0.4, 0.5) is 23.7 Å². The summed E-state index contributed by atoms with van der Waals surface area (Å²) in [6.45, 7) is 1.75. The number of pyridine rings is 1. The smallest absolute Gasteiger partial charge is 0.325 e. The molecule has 3 amide bonds. The van der Waals surface area contributed by atoms with Gasteiger partial charge in [0.15, 0.2) is 0 Å². The summed E-state index contributed by atoms with van der Waals surface area (Å²) in [5, 5.41) is 3.16. The maximum Gasteiger partial charge on any atom is 0.501 e. The Morgan fingerprint density at radius 3 is 2.26 bits per heavy atom. The molecule has 182 valence electrons. The molecule has 2 atom stereocenters. The molecule has 3 aromatic rings. The van der Waals surface area contributed by atoms with Crippen molar-refractivity contribution in [2.75, 3.05) is 4.90 Å². The molecule has 1 saturated heterocycles. The molecule has 35 heavy (non-hydrogen) atoms. The minimum atomic E-state index is -5.56. The molecule has 7 nitrogen and oxygen atoms in total. The van der Waals surface area contributed by atoms with Crippen molar-refractivity contribution >= 4 is 39.1 Å². The number of aromatic nitrogens is 1. The molecule has 1 aliphatic rings. The van der Waals surface area contributed by atoms with Crippen LogP contribution < -0.4 is 10.2 Å². The number of halogens is 4. The molecule has 12 heteroatoms. The molecule has 2 unspecified atom stereocenters. The van der Waals surface area contributed by atoms with Gasteiger partial charge in [-0.25, -0.2) is 18.1 Å². The molecule has 1 fully saturated rings. The maximum atomic E-state index is 13.2. The second-order valence-corrected chi connectivity index (χ2v) is 10.2. The van der Waals surface area contributed by atoms with E-state index in [0.717, 1.165) is 33.7 Å². The van der Waals surface area contributed by atoms with Gasteiger partial charge in [0.25, 0.3) is 15.7 Å². The van der Waals surface area contributed by atoms with E-state index in [1.165, 1.54) is 0 Å².